The van der Waals surface area contributed by atoms with Gasteiger partial charge in [0.1, 0.15) is 11.5 Å². The van der Waals surface area contributed by atoms with Gasteiger partial charge in [-0.15, -0.1) is 0 Å². The van der Waals surface area contributed by atoms with Gasteiger partial charge in [-0.25, -0.2) is 4.98 Å². The highest BCUT2D eigenvalue weighted by atomic mass is 16.6. The Kier molecular flexibility index (Phi) is 3.65. The smallest absolute Gasteiger partial charge is 0.292 e. The zero-order valence-electron chi connectivity index (χ0n) is 10.7. The molecule has 4 N–H and O–H groups in total. The molecule has 8 nitrogen and oxygen atoms in total. The molecule has 1 aromatic carbocycles. The highest BCUT2D eigenvalue weighted by Gasteiger charge is 2.17. The van der Waals surface area contributed by atoms with Crippen molar-refractivity contribution in [2.75, 3.05) is 5.73 Å². The molecule has 1 heterocycles. The first-order chi connectivity index (χ1) is 9.49. The van der Waals surface area contributed by atoms with Crippen LogP contribution in [0.5, 0.6) is 0 Å². The number of anilines is 1. The van der Waals surface area contributed by atoms with Crippen molar-refractivity contribution in [3.63, 3.8) is 0 Å². The molecule has 0 radical (unpaired) electrons. The number of carbonyl (C=O) groups excluding carboxylic acids is 1. The van der Waals surface area contributed by atoms with Crippen LogP contribution in [-0.2, 0) is 0 Å². The van der Waals surface area contributed by atoms with E-state index in [1.165, 1.54) is 18.2 Å². The van der Waals surface area contributed by atoms with Gasteiger partial charge in [0.25, 0.3) is 11.6 Å². The minimum absolute atomic E-state index is 0.0479. The summed E-state index contributed by atoms with van der Waals surface area (Å²) in [5.41, 5.74) is 5.53. The average molecular weight is 275 g/mol. The Labute approximate surface area is 114 Å². The van der Waals surface area contributed by atoms with Crippen molar-refractivity contribution >= 4 is 17.3 Å². The predicted octanol–water partition coefficient (Wildman–Crippen LogP) is 1.39. The van der Waals surface area contributed by atoms with Crippen LogP contribution in [0.15, 0.2) is 30.6 Å². The molecule has 0 saturated heterocycles. The Hall–Kier alpha value is -2.90. The van der Waals surface area contributed by atoms with Gasteiger partial charge >= 0.3 is 0 Å². The molecule has 8 heteroatoms. The lowest BCUT2D eigenvalue weighted by atomic mass is 10.1. The molecule has 1 amide bonds. The van der Waals surface area contributed by atoms with E-state index in [1.54, 1.807) is 19.3 Å². The van der Waals surface area contributed by atoms with E-state index >= 15 is 0 Å². The minimum Gasteiger partial charge on any atom is -0.393 e. The third kappa shape index (κ3) is 2.74. The molecule has 20 heavy (non-hydrogen) atoms. The number of hydrogen-bond acceptors (Lipinski definition) is 5. The number of aromatic nitrogens is 2. The van der Waals surface area contributed by atoms with E-state index in [2.05, 4.69) is 15.3 Å². The summed E-state index contributed by atoms with van der Waals surface area (Å²) in [6.45, 7) is 1.77. The normalized spacial score (nSPS) is 11.8. The Morgan fingerprint density at radius 1 is 1.55 bits per heavy atom. The van der Waals surface area contributed by atoms with E-state index in [0.717, 1.165) is 0 Å². The summed E-state index contributed by atoms with van der Waals surface area (Å²) in [6.07, 6.45) is 3.24. The number of imidazole rings is 1. The third-order valence-corrected chi connectivity index (χ3v) is 2.76. The first kappa shape index (κ1) is 13.5. The largest absolute Gasteiger partial charge is 0.393 e. The van der Waals surface area contributed by atoms with Gasteiger partial charge in [0.15, 0.2) is 0 Å². The number of hydrogen-bond donors (Lipinski definition) is 3. The maximum absolute atomic E-state index is 12.0. The van der Waals surface area contributed by atoms with Crippen LogP contribution in [0, 0.1) is 10.1 Å². The number of benzene rings is 1. The maximum atomic E-state index is 12.0. The van der Waals surface area contributed by atoms with E-state index < -0.39 is 4.92 Å². The number of nitro benzene ring substituents is 1. The molecule has 0 aliphatic rings. The lowest BCUT2D eigenvalue weighted by molar-refractivity contribution is -0.383. The van der Waals surface area contributed by atoms with Crippen LogP contribution in [0.1, 0.15) is 29.1 Å². The fourth-order valence-corrected chi connectivity index (χ4v) is 1.72. The zero-order valence-corrected chi connectivity index (χ0v) is 10.7. The van der Waals surface area contributed by atoms with E-state index in [0.29, 0.717) is 5.82 Å². The number of rotatable bonds is 4. The van der Waals surface area contributed by atoms with Crippen molar-refractivity contribution in [1.29, 1.82) is 0 Å². The molecule has 0 aliphatic heterocycles. The van der Waals surface area contributed by atoms with Crippen LogP contribution >= 0.6 is 0 Å². The number of aromatic amines is 1. The molecule has 0 bridgehead atoms. The summed E-state index contributed by atoms with van der Waals surface area (Å²) in [5, 5.41) is 13.4. The number of nitrogens with zero attached hydrogens (tertiary/aromatic N) is 2. The molecule has 1 unspecified atom stereocenters. The first-order valence-corrected chi connectivity index (χ1v) is 5.83. The summed E-state index contributed by atoms with van der Waals surface area (Å²) in [6, 6.07) is 3.54. The van der Waals surface area contributed by atoms with E-state index in [1.807, 2.05) is 0 Å². The number of nitrogen functional groups attached to an aromatic ring is 1. The summed E-state index contributed by atoms with van der Waals surface area (Å²) < 4.78 is 0. The fourth-order valence-electron chi connectivity index (χ4n) is 1.72. The maximum Gasteiger partial charge on any atom is 0.292 e. The minimum atomic E-state index is -0.595. The number of nitrogens with one attached hydrogen (secondary N) is 2. The molecule has 2 aromatic rings. The highest BCUT2D eigenvalue weighted by molar-refractivity contribution is 5.95. The van der Waals surface area contributed by atoms with Crippen LogP contribution in [-0.4, -0.2) is 20.8 Å². The Balaban J connectivity index is 2.14. The average Bonchev–Trinajstić information content (AvgIpc) is 2.91. The SMILES string of the molecule is CC(NC(=O)c1ccc([N+](=O)[O-])c(N)c1)c1ncc[nH]1. The lowest BCUT2D eigenvalue weighted by Gasteiger charge is -2.11. The van der Waals surface area contributed by atoms with E-state index in [-0.39, 0.29) is 28.9 Å². The summed E-state index contributed by atoms with van der Waals surface area (Å²) in [5.74, 6) is 0.240. The molecule has 104 valence electrons. The lowest BCUT2D eigenvalue weighted by Crippen LogP contribution is -2.27. The van der Waals surface area contributed by atoms with Crippen molar-refractivity contribution in [2.45, 2.75) is 13.0 Å². The molecule has 0 fully saturated rings. The Bertz CT molecular complexity index is 639. The second-order valence-corrected chi connectivity index (χ2v) is 4.20. The van der Waals surface area contributed by atoms with Gasteiger partial charge in [0, 0.05) is 24.0 Å². The Morgan fingerprint density at radius 3 is 2.85 bits per heavy atom. The van der Waals surface area contributed by atoms with Crippen molar-refractivity contribution in [1.82, 2.24) is 15.3 Å². The first-order valence-electron chi connectivity index (χ1n) is 5.83. The van der Waals surface area contributed by atoms with E-state index in [9.17, 15) is 14.9 Å². The van der Waals surface area contributed by atoms with E-state index in [4.69, 9.17) is 5.73 Å². The van der Waals surface area contributed by atoms with Gasteiger partial charge in [0.2, 0.25) is 0 Å². The second-order valence-electron chi connectivity index (χ2n) is 4.20. The predicted molar refractivity (Wildman–Crippen MR) is 72.0 cm³/mol. The van der Waals surface area contributed by atoms with Crippen molar-refractivity contribution in [3.05, 3.63) is 52.1 Å². The molecular weight excluding hydrogens is 262 g/mol. The quantitative estimate of drug-likeness (QED) is 0.441. The van der Waals surface area contributed by atoms with Crippen LogP contribution in [0.3, 0.4) is 0 Å². The molecule has 0 aliphatic carbocycles. The van der Waals surface area contributed by atoms with Crippen LogP contribution in [0.4, 0.5) is 11.4 Å². The fraction of sp³-hybridized carbons (Fsp3) is 0.167. The van der Waals surface area contributed by atoms with Gasteiger partial charge in [-0.1, -0.05) is 0 Å². The summed E-state index contributed by atoms with van der Waals surface area (Å²) in [4.78, 5) is 29.0. The topological polar surface area (TPSA) is 127 Å². The van der Waals surface area contributed by atoms with Crippen molar-refractivity contribution in [3.8, 4) is 0 Å². The third-order valence-electron chi connectivity index (χ3n) is 2.76. The standard InChI is InChI=1S/C12H13N5O3/c1-7(11-14-4-5-15-11)16-12(18)8-2-3-10(17(19)20)9(13)6-8/h2-7H,13H2,1H3,(H,14,15)(H,16,18). The number of amides is 1. The molecular formula is C12H13N5O3. The van der Waals surface area contributed by atoms with Crippen LogP contribution in [0.2, 0.25) is 0 Å². The number of nitro groups is 1. The summed E-state index contributed by atoms with van der Waals surface area (Å²) >= 11 is 0. The zero-order chi connectivity index (χ0) is 14.7. The highest BCUT2D eigenvalue weighted by Crippen LogP contribution is 2.22. The molecule has 0 spiro atoms. The number of H-pyrrole nitrogens is 1. The number of carbonyl (C=O) groups is 1. The van der Waals surface area contributed by atoms with Gasteiger partial charge < -0.3 is 16.0 Å². The van der Waals surface area contributed by atoms with Gasteiger partial charge in [-0.3, -0.25) is 14.9 Å². The van der Waals surface area contributed by atoms with Crippen LogP contribution < -0.4 is 11.1 Å². The molecule has 0 saturated carbocycles. The monoisotopic (exact) mass is 275 g/mol. The molecule has 1 atom stereocenters. The van der Waals surface area contributed by atoms with Gasteiger partial charge in [-0.05, 0) is 19.1 Å². The summed E-state index contributed by atoms with van der Waals surface area (Å²) in [7, 11) is 0. The van der Waals surface area contributed by atoms with Crippen molar-refractivity contribution < 1.29 is 9.72 Å². The number of nitrogens with two attached hydrogens (primary N) is 1. The second kappa shape index (κ2) is 5.39. The molecule has 1 aromatic heterocycles. The van der Waals surface area contributed by atoms with Crippen LogP contribution in [0.25, 0.3) is 0 Å². The molecule has 2 rings (SSSR count). The Morgan fingerprint density at radius 2 is 2.30 bits per heavy atom. The van der Waals surface area contributed by atoms with Gasteiger partial charge in [0.05, 0.1) is 11.0 Å². The van der Waals surface area contributed by atoms with Gasteiger partial charge in [-0.2, -0.15) is 0 Å². The van der Waals surface area contributed by atoms with Crippen molar-refractivity contribution in [2.24, 2.45) is 0 Å².